The molecule has 0 aliphatic carbocycles. The van der Waals surface area contributed by atoms with E-state index in [9.17, 15) is 0 Å². The van der Waals surface area contributed by atoms with Crippen LogP contribution in [-0.4, -0.2) is 4.98 Å². The van der Waals surface area contributed by atoms with Crippen LogP contribution < -0.4 is 4.90 Å². The summed E-state index contributed by atoms with van der Waals surface area (Å²) in [5.41, 5.74) is 1.59. The lowest BCUT2D eigenvalue weighted by atomic mass is 10.2. The minimum absolute atomic E-state index is 0.412. The summed E-state index contributed by atoms with van der Waals surface area (Å²) in [6.07, 6.45) is 1.66. The summed E-state index contributed by atoms with van der Waals surface area (Å²) in [7, 11) is 0. The van der Waals surface area contributed by atoms with Crippen molar-refractivity contribution in [1.29, 1.82) is 5.26 Å². The van der Waals surface area contributed by atoms with Gasteiger partial charge < -0.3 is 9.32 Å². The number of aromatic nitrogens is 1. The maximum Gasteiger partial charge on any atom is 0.142 e. The zero-order valence-corrected chi connectivity index (χ0v) is 12.0. The topological polar surface area (TPSA) is 53.1 Å². The van der Waals surface area contributed by atoms with Crippen molar-refractivity contribution in [3.63, 3.8) is 0 Å². The van der Waals surface area contributed by atoms with E-state index in [4.69, 9.17) is 9.68 Å². The average Bonchev–Trinajstić information content (AvgIpc) is 3.08. The molecule has 0 aliphatic heterocycles. The Labute approximate surface area is 129 Å². The second-order valence-electron chi connectivity index (χ2n) is 4.91. The summed E-state index contributed by atoms with van der Waals surface area (Å²) >= 11 is 0. The van der Waals surface area contributed by atoms with Crippen molar-refractivity contribution >= 4 is 5.82 Å². The molecule has 0 saturated carbocycles. The smallest absolute Gasteiger partial charge is 0.142 e. The van der Waals surface area contributed by atoms with Gasteiger partial charge in [-0.2, -0.15) is 5.26 Å². The first-order chi connectivity index (χ1) is 10.8. The van der Waals surface area contributed by atoms with Crippen molar-refractivity contribution in [3.8, 4) is 6.07 Å². The van der Waals surface area contributed by atoms with Crippen LogP contribution in [-0.2, 0) is 13.1 Å². The van der Waals surface area contributed by atoms with Crippen LogP contribution in [0.3, 0.4) is 0 Å². The van der Waals surface area contributed by atoms with Gasteiger partial charge in [0.1, 0.15) is 23.3 Å². The molecule has 0 aliphatic rings. The summed E-state index contributed by atoms with van der Waals surface area (Å²) in [4.78, 5) is 6.48. The molecule has 1 aromatic carbocycles. The van der Waals surface area contributed by atoms with E-state index in [2.05, 4.69) is 28.1 Å². The molecule has 4 nitrogen and oxygen atoms in total. The maximum atomic E-state index is 9.04. The number of hydrogen-bond donors (Lipinski definition) is 0. The highest BCUT2D eigenvalue weighted by Crippen LogP contribution is 2.18. The Morgan fingerprint density at radius 2 is 1.82 bits per heavy atom. The van der Waals surface area contributed by atoms with Gasteiger partial charge in [-0.15, -0.1) is 0 Å². The minimum atomic E-state index is 0.412. The molecule has 0 fully saturated rings. The van der Waals surface area contributed by atoms with E-state index in [1.807, 2.05) is 42.5 Å². The molecule has 108 valence electrons. The highest BCUT2D eigenvalue weighted by molar-refractivity contribution is 5.42. The van der Waals surface area contributed by atoms with E-state index >= 15 is 0 Å². The summed E-state index contributed by atoms with van der Waals surface area (Å²) in [6.45, 7) is 1.30. The zero-order chi connectivity index (χ0) is 15.2. The molecular weight excluding hydrogens is 274 g/mol. The predicted molar refractivity (Wildman–Crippen MR) is 84.0 cm³/mol. The average molecular weight is 289 g/mol. The lowest BCUT2D eigenvalue weighted by Crippen LogP contribution is -2.23. The molecule has 0 radical (unpaired) electrons. The number of pyridine rings is 1. The number of anilines is 1. The minimum Gasteiger partial charge on any atom is -0.467 e. The number of furan rings is 1. The van der Waals surface area contributed by atoms with Crippen LogP contribution in [0.15, 0.2) is 71.3 Å². The van der Waals surface area contributed by atoms with Crippen molar-refractivity contribution in [1.82, 2.24) is 4.98 Å². The fourth-order valence-electron chi connectivity index (χ4n) is 2.27. The van der Waals surface area contributed by atoms with E-state index in [1.54, 1.807) is 12.3 Å². The van der Waals surface area contributed by atoms with Gasteiger partial charge in [0, 0.05) is 6.54 Å². The molecule has 0 unspecified atom stereocenters. The van der Waals surface area contributed by atoms with Gasteiger partial charge >= 0.3 is 0 Å². The molecule has 2 heterocycles. The third-order valence-electron chi connectivity index (χ3n) is 3.32. The lowest BCUT2D eigenvalue weighted by molar-refractivity contribution is 0.500. The normalized spacial score (nSPS) is 10.1. The van der Waals surface area contributed by atoms with E-state index < -0.39 is 0 Å². The van der Waals surface area contributed by atoms with Gasteiger partial charge in [-0.3, -0.25) is 0 Å². The first-order valence-corrected chi connectivity index (χ1v) is 7.03. The molecule has 22 heavy (non-hydrogen) atoms. The number of rotatable bonds is 5. The first-order valence-electron chi connectivity index (χ1n) is 7.03. The van der Waals surface area contributed by atoms with Gasteiger partial charge in [0.2, 0.25) is 0 Å². The van der Waals surface area contributed by atoms with Crippen LogP contribution >= 0.6 is 0 Å². The molecule has 0 atom stereocenters. The van der Waals surface area contributed by atoms with Crippen molar-refractivity contribution < 1.29 is 4.42 Å². The monoisotopic (exact) mass is 289 g/mol. The van der Waals surface area contributed by atoms with Gasteiger partial charge in [-0.25, -0.2) is 4.98 Å². The fraction of sp³-hybridized carbons (Fsp3) is 0.111. The summed E-state index contributed by atoms with van der Waals surface area (Å²) in [5, 5.41) is 9.04. The van der Waals surface area contributed by atoms with Crippen LogP contribution in [0.2, 0.25) is 0 Å². The zero-order valence-electron chi connectivity index (χ0n) is 12.0. The van der Waals surface area contributed by atoms with Gasteiger partial charge in [0.15, 0.2) is 0 Å². The Bertz CT molecular complexity index is 761. The Kier molecular flexibility index (Phi) is 4.17. The van der Waals surface area contributed by atoms with Crippen LogP contribution in [0, 0.1) is 11.3 Å². The van der Waals surface area contributed by atoms with Crippen LogP contribution in [0.1, 0.15) is 17.0 Å². The third-order valence-corrected chi connectivity index (χ3v) is 3.32. The van der Waals surface area contributed by atoms with Crippen molar-refractivity contribution in [2.24, 2.45) is 0 Å². The highest BCUT2D eigenvalue weighted by Gasteiger charge is 2.12. The summed E-state index contributed by atoms with van der Waals surface area (Å²) in [5.74, 6) is 1.62. The third kappa shape index (κ3) is 3.33. The number of nitriles is 1. The first kappa shape index (κ1) is 13.9. The van der Waals surface area contributed by atoms with Gasteiger partial charge in [-0.1, -0.05) is 36.4 Å². The van der Waals surface area contributed by atoms with E-state index in [0.717, 1.165) is 11.6 Å². The second-order valence-corrected chi connectivity index (χ2v) is 4.91. The van der Waals surface area contributed by atoms with E-state index in [-0.39, 0.29) is 0 Å². The molecule has 0 spiro atoms. The fourth-order valence-corrected chi connectivity index (χ4v) is 2.27. The SMILES string of the molecule is N#Cc1cccc(N(Cc2ccccc2)Cc2ccco2)n1. The quantitative estimate of drug-likeness (QED) is 0.717. The van der Waals surface area contributed by atoms with Crippen molar-refractivity contribution in [2.45, 2.75) is 13.1 Å². The largest absolute Gasteiger partial charge is 0.467 e. The summed E-state index contributed by atoms with van der Waals surface area (Å²) < 4.78 is 5.45. The molecule has 0 saturated heterocycles. The summed E-state index contributed by atoms with van der Waals surface area (Å²) in [6, 6.07) is 21.5. The molecule has 2 aromatic heterocycles. The lowest BCUT2D eigenvalue weighted by Gasteiger charge is -2.23. The Morgan fingerprint density at radius 1 is 0.955 bits per heavy atom. The molecule has 0 amide bonds. The predicted octanol–water partition coefficient (Wildman–Crippen LogP) is 3.75. The van der Waals surface area contributed by atoms with Crippen LogP contribution in [0.4, 0.5) is 5.82 Å². The van der Waals surface area contributed by atoms with Crippen molar-refractivity contribution in [2.75, 3.05) is 4.90 Å². The van der Waals surface area contributed by atoms with Crippen molar-refractivity contribution in [3.05, 3.63) is 83.9 Å². The van der Waals surface area contributed by atoms with Gasteiger partial charge in [0.25, 0.3) is 0 Å². The number of benzene rings is 1. The van der Waals surface area contributed by atoms with Gasteiger partial charge in [0.05, 0.1) is 12.8 Å². The van der Waals surface area contributed by atoms with E-state index in [0.29, 0.717) is 18.8 Å². The standard InChI is InChI=1S/C18H15N3O/c19-12-16-8-4-10-18(20-16)21(14-17-9-5-11-22-17)13-15-6-2-1-3-7-15/h1-11H,13-14H2. The van der Waals surface area contributed by atoms with Gasteiger partial charge in [-0.05, 0) is 29.8 Å². The second kappa shape index (κ2) is 6.59. The molecule has 3 aromatic rings. The Hall–Kier alpha value is -3.06. The molecular formula is C18H15N3O. The van der Waals surface area contributed by atoms with Crippen LogP contribution in [0.5, 0.6) is 0 Å². The molecule has 0 N–H and O–H groups in total. The molecule has 3 rings (SSSR count). The molecule has 0 bridgehead atoms. The number of nitrogens with zero attached hydrogens (tertiary/aromatic N) is 3. The Morgan fingerprint density at radius 3 is 2.55 bits per heavy atom. The maximum absolute atomic E-state index is 9.04. The van der Waals surface area contributed by atoms with E-state index in [1.165, 1.54) is 5.56 Å². The highest BCUT2D eigenvalue weighted by atomic mass is 16.3. The van der Waals surface area contributed by atoms with Crippen LogP contribution in [0.25, 0.3) is 0 Å². The Balaban J connectivity index is 1.89. The molecule has 4 heteroatoms. The number of hydrogen-bond acceptors (Lipinski definition) is 4.